The number of nitrogens with zero attached hydrogens (tertiary/aromatic N) is 4. The van der Waals surface area contributed by atoms with E-state index in [2.05, 4.69) is 137 Å². The fourth-order valence-electron chi connectivity index (χ4n) is 6.08. The molecule has 1 aliphatic heterocycles. The van der Waals surface area contributed by atoms with Crippen molar-refractivity contribution in [2.24, 2.45) is 0 Å². The molecule has 0 fully saturated rings. The van der Waals surface area contributed by atoms with Crippen LogP contribution >= 0.6 is 0 Å². The second kappa shape index (κ2) is 10.5. The van der Waals surface area contributed by atoms with Crippen molar-refractivity contribution in [2.45, 2.75) is 33.1 Å². The Balaban J connectivity index is 1.44. The molecule has 5 nitrogen and oxygen atoms in total. The van der Waals surface area contributed by atoms with Gasteiger partial charge in [-0.1, -0.05) is 98.8 Å². The minimum absolute atomic E-state index is 0.269. The van der Waals surface area contributed by atoms with Crippen LogP contribution in [0.2, 0.25) is 0 Å². The summed E-state index contributed by atoms with van der Waals surface area (Å²) < 4.78 is 6.39. The number of rotatable bonds is 5. The van der Waals surface area contributed by atoms with Crippen molar-refractivity contribution >= 4 is 17.1 Å². The number of benzene rings is 5. The van der Waals surface area contributed by atoms with Gasteiger partial charge in [0.2, 0.25) is 0 Å². The van der Waals surface area contributed by atoms with Gasteiger partial charge in [-0.05, 0) is 83.6 Å². The number of aryl methyl sites for hydroxylation is 2. The Labute approximate surface area is 252 Å². The van der Waals surface area contributed by atoms with E-state index in [-0.39, 0.29) is 11.4 Å². The Morgan fingerprint density at radius 3 is 1.53 bits per heavy atom. The van der Waals surface area contributed by atoms with E-state index in [1.807, 2.05) is 32.0 Å². The van der Waals surface area contributed by atoms with Gasteiger partial charge in [0.05, 0.1) is 17.1 Å². The molecule has 5 heteroatoms. The molecule has 43 heavy (non-hydrogen) atoms. The van der Waals surface area contributed by atoms with Gasteiger partial charge in [-0.15, -0.1) is 0 Å². The molecular weight excluding hydrogens is 528 g/mol. The van der Waals surface area contributed by atoms with E-state index >= 15 is 0 Å². The third-order valence-corrected chi connectivity index (χ3v) is 8.18. The van der Waals surface area contributed by atoms with Crippen LogP contribution in [0, 0.1) is 13.8 Å². The molecule has 1 aliphatic rings. The van der Waals surface area contributed by atoms with Gasteiger partial charge in [-0.25, -0.2) is 4.98 Å². The normalized spacial score (nSPS) is 13.3. The van der Waals surface area contributed by atoms with Crippen molar-refractivity contribution in [3.05, 3.63) is 144 Å². The van der Waals surface area contributed by atoms with Crippen LogP contribution in [0.4, 0.5) is 17.1 Å². The van der Waals surface area contributed by atoms with Crippen LogP contribution in [-0.4, -0.2) is 15.0 Å². The van der Waals surface area contributed by atoms with Crippen LogP contribution in [0.3, 0.4) is 0 Å². The molecule has 2 heterocycles. The molecule has 0 saturated heterocycles. The number of hydrogen-bond donors (Lipinski definition) is 0. The molecule has 6 aromatic rings. The molecule has 0 unspecified atom stereocenters. The van der Waals surface area contributed by atoms with Crippen molar-refractivity contribution in [3.63, 3.8) is 0 Å². The fraction of sp³-hybridized carbons (Fsp3) is 0.132. The molecule has 0 spiro atoms. The molecule has 0 aliphatic carbocycles. The average molecular weight is 561 g/mol. The van der Waals surface area contributed by atoms with Crippen LogP contribution in [0.1, 0.15) is 36.6 Å². The summed E-state index contributed by atoms with van der Waals surface area (Å²) in [6.07, 6.45) is 0. The van der Waals surface area contributed by atoms with Gasteiger partial charge in [-0.2, -0.15) is 9.97 Å². The molecule has 0 saturated carbocycles. The molecule has 210 valence electrons. The van der Waals surface area contributed by atoms with Gasteiger partial charge in [0.15, 0.2) is 5.75 Å². The average Bonchev–Trinajstić information content (AvgIpc) is 3.02. The third kappa shape index (κ3) is 4.83. The lowest BCUT2D eigenvalue weighted by molar-refractivity contribution is 0.436. The van der Waals surface area contributed by atoms with Crippen LogP contribution in [0.25, 0.3) is 22.3 Å². The first kappa shape index (κ1) is 26.6. The summed E-state index contributed by atoms with van der Waals surface area (Å²) in [5, 5.41) is 0. The first-order valence-corrected chi connectivity index (χ1v) is 14.5. The Morgan fingerprint density at radius 2 is 1.00 bits per heavy atom. The van der Waals surface area contributed by atoms with E-state index in [4.69, 9.17) is 4.74 Å². The molecule has 0 amide bonds. The lowest BCUT2D eigenvalue weighted by Crippen LogP contribution is -2.31. The number of para-hydroxylation sites is 2. The van der Waals surface area contributed by atoms with E-state index < -0.39 is 0 Å². The Morgan fingerprint density at radius 1 is 0.512 bits per heavy atom. The number of fused-ring (bicyclic) bond motifs is 2. The lowest BCUT2D eigenvalue weighted by atomic mass is 9.72. The molecule has 5 aromatic carbocycles. The second-order valence-electron chi connectivity index (χ2n) is 11.4. The smallest absolute Gasteiger partial charge is 0.325 e. The van der Waals surface area contributed by atoms with Crippen LogP contribution in [0.5, 0.6) is 11.8 Å². The third-order valence-electron chi connectivity index (χ3n) is 8.18. The molecule has 0 radical (unpaired) electrons. The van der Waals surface area contributed by atoms with E-state index in [9.17, 15) is 0 Å². The van der Waals surface area contributed by atoms with Crippen LogP contribution in [-0.2, 0) is 5.41 Å². The quantitative estimate of drug-likeness (QED) is 0.210. The van der Waals surface area contributed by atoms with Crippen molar-refractivity contribution < 1.29 is 4.74 Å². The zero-order valence-corrected chi connectivity index (χ0v) is 24.7. The molecule has 1 aromatic heterocycles. The predicted octanol–water partition coefficient (Wildman–Crippen LogP) is 9.72. The number of hydrogen-bond acceptors (Lipinski definition) is 5. The lowest BCUT2D eigenvalue weighted by Gasteiger charge is -2.42. The zero-order valence-electron chi connectivity index (χ0n) is 24.7. The van der Waals surface area contributed by atoms with E-state index in [1.54, 1.807) is 0 Å². The first-order chi connectivity index (χ1) is 20.9. The van der Waals surface area contributed by atoms with Gasteiger partial charge in [-0.3, -0.25) is 0 Å². The minimum atomic E-state index is -0.269. The van der Waals surface area contributed by atoms with Gasteiger partial charge in [0.1, 0.15) is 11.6 Å². The summed E-state index contributed by atoms with van der Waals surface area (Å²) in [5.41, 5.74) is 10.1. The topological polar surface area (TPSA) is 51.1 Å². The number of ether oxygens (including phenoxy) is 1. The molecular formula is C38H32N4O. The van der Waals surface area contributed by atoms with E-state index in [0.29, 0.717) is 17.4 Å². The minimum Gasteiger partial charge on any atom is -0.422 e. The Bertz CT molecular complexity index is 1840. The first-order valence-electron chi connectivity index (χ1n) is 14.5. The maximum Gasteiger partial charge on any atom is 0.325 e. The molecule has 0 atom stereocenters. The maximum atomic E-state index is 6.39. The monoisotopic (exact) mass is 560 g/mol. The van der Waals surface area contributed by atoms with Crippen molar-refractivity contribution in [1.82, 2.24) is 15.0 Å². The number of aromatic nitrogens is 3. The molecule has 7 rings (SSSR count). The molecule has 0 N–H and O–H groups in total. The van der Waals surface area contributed by atoms with Gasteiger partial charge in [0.25, 0.3) is 0 Å². The summed E-state index contributed by atoms with van der Waals surface area (Å²) >= 11 is 0. The highest BCUT2D eigenvalue weighted by atomic mass is 16.5. The maximum absolute atomic E-state index is 6.39. The zero-order chi connectivity index (χ0) is 29.6. The van der Waals surface area contributed by atoms with Gasteiger partial charge in [0, 0.05) is 5.41 Å². The summed E-state index contributed by atoms with van der Waals surface area (Å²) in [6, 6.07) is 43.1. The summed E-state index contributed by atoms with van der Waals surface area (Å²) in [5.74, 6) is 1.91. The van der Waals surface area contributed by atoms with Crippen LogP contribution < -0.4 is 9.64 Å². The molecule has 0 bridgehead atoms. The van der Waals surface area contributed by atoms with Gasteiger partial charge >= 0.3 is 6.01 Å². The van der Waals surface area contributed by atoms with Crippen LogP contribution in [0.15, 0.2) is 121 Å². The van der Waals surface area contributed by atoms with Crippen molar-refractivity contribution in [2.75, 3.05) is 4.90 Å². The largest absolute Gasteiger partial charge is 0.422 e. The van der Waals surface area contributed by atoms with Gasteiger partial charge < -0.3 is 9.64 Å². The standard InChI is InChI=1S/C38H32N4O/c1-25-39-26(2)41-37(40-25)43-36-18-12-11-17-35(36)42-33-21-19-29(27-13-7-5-8-14-27)23-31(33)38(3,4)32-24-30(20-22-34(32)42)28-15-9-6-10-16-28/h5-24H,1-4H3. The highest BCUT2D eigenvalue weighted by Crippen LogP contribution is 2.55. The van der Waals surface area contributed by atoms with E-state index in [1.165, 1.54) is 33.4 Å². The fourth-order valence-corrected chi connectivity index (χ4v) is 6.08. The number of anilines is 3. The predicted molar refractivity (Wildman–Crippen MR) is 173 cm³/mol. The van der Waals surface area contributed by atoms with E-state index in [0.717, 1.165) is 17.1 Å². The summed E-state index contributed by atoms with van der Waals surface area (Å²) in [6.45, 7) is 8.34. The highest BCUT2D eigenvalue weighted by Gasteiger charge is 2.38. The van der Waals surface area contributed by atoms with Crippen molar-refractivity contribution in [3.8, 4) is 34.0 Å². The highest BCUT2D eigenvalue weighted by molar-refractivity contribution is 5.90. The SMILES string of the molecule is Cc1nc(C)nc(Oc2ccccc2N2c3ccc(-c4ccccc4)cc3C(C)(C)c3cc(-c4ccccc4)ccc32)n1. The Kier molecular flexibility index (Phi) is 6.51. The van der Waals surface area contributed by atoms with Crippen molar-refractivity contribution in [1.29, 1.82) is 0 Å². The summed E-state index contributed by atoms with van der Waals surface area (Å²) in [7, 11) is 0. The second-order valence-corrected chi connectivity index (χ2v) is 11.4. The summed E-state index contributed by atoms with van der Waals surface area (Å²) in [4.78, 5) is 15.5. The Hall–Kier alpha value is -5.29.